The summed E-state index contributed by atoms with van der Waals surface area (Å²) in [6.45, 7) is 1.77. The maximum atomic E-state index is 11.4. The lowest BCUT2D eigenvalue weighted by Gasteiger charge is -2.24. The Hall–Kier alpha value is -2.13. The Morgan fingerprint density at radius 3 is 2.25 bits per heavy atom. The van der Waals surface area contributed by atoms with Crippen LogP contribution in [0.2, 0.25) is 0 Å². The Labute approximate surface area is 118 Å². The molecule has 0 aliphatic heterocycles. The first-order valence-electron chi connectivity index (χ1n) is 6.48. The molecule has 2 aromatic carbocycles. The van der Waals surface area contributed by atoms with Crippen molar-refractivity contribution in [2.24, 2.45) is 0 Å². The molecule has 3 nitrogen and oxygen atoms in total. The molecule has 0 unspecified atom stereocenters. The minimum absolute atomic E-state index is 0.376. The van der Waals surface area contributed by atoms with Gasteiger partial charge >= 0.3 is 5.97 Å². The molecule has 0 spiro atoms. The molecule has 2 aromatic rings. The summed E-state index contributed by atoms with van der Waals surface area (Å²) in [5, 5.41) is 10.6. The second-order valence-electron chi connectivity index (χ2n) is 5.01. The summed E-state index contributed by atoms with van der Waals surface area (Å²) in [6, 6.07) is 16.7. The molecule has 0 fully saturated rings. The zero-order valence-corrected chi connectivity index (χ0v) is 11.7. The van der Waals surface area contributed by atoms with E-state index < -0.39 is 5.60 Å². The van der Waals surface area contributed by atoms with E-state index in [2.05, 4.69) is 4.74 Å². The van der Waals surface area contributed by atoms with E-state index in [1.165, 1.54) is 7.11 Å². The number of esters is 1. The molecule has 1 N–H and O–H groups in total. The fourth-order valence-electron chi connectivity index (χ4n) is 2.18. The number of methoxy groups -OCH3 is 1. The highest BCUT2D eigenvalue weighted by Crippen LogP contribution is 2.25. The van der Waals surface area contributed by atoms with E-state index in [1.807, 2.05) is 30.3 Å². The van der Waals surface area contributed by atoms with E-state index >= 15 is 0 Å². The van der Waals surface area contributed by atoms with Crippen LogP contribution >= 0.6 is 0 Å². The second-order valence-corrected chi connectivity index (χ2v) is 5.01. The Morgan fingerprint density at radius 2 is 1.70 bits per heavy atom. The predicted octanol–water partition coefficient (Wildman–Crippen LogP) is 2.92. The largest absolute Gasteiger partial charge is 0.465 e. The van der Waals surface area contributed by atoms with Gasteiger partial charge in [-0.2, -0.15) is 0 Å². The highest BCUT2D eigenvalue weighted by Gasteiger charge is 2.23. The molecule has 0 saturated carbocycles. The third kappa shape index (κ3) is 3.25. The first kappa shape index (κ1) is 14.3. The normalized spacial score (nSPS) is 13.6. The molecular weight excluding hydrogens is 252 g/mol. The van der Waals surface area contributed by atoms with Crippen molar-refractivity contribution in [1.82, 2.24) is 0 Å². The van der Waals surface area contributed by atoms with E-state index in [4.69, 9.17) is 0 Å². The van der Waals surface area contributed by atoms with Crippen LogP contribution in [0.4, 0.5) is 0 Å². The molecule has 0 aliphatic carbocycles. The van der Waals surface area contributed by atoms with Crippen molar-refractivity contribution < 1.29 is 14.6 Å². The van der Waals surface area contributed by atoms with Crippen LogP contribution in [-0.4, -0.2) is 18.2 Å². The lowest BCUT2D eigenvalue weighted by molar-refractivity contribution is 0.0565. The zero-order chi connectivity index (χ0) is 14.6. The predicted molar refractivity (Wildman–Crippen MR) is 77.5 cm³/mol. The van der Waals surface area contributed by atoms with Crippen LogP contribution in [0.1, 0.15) is 28.4 Å². The molecule has 20 heavy (non-hydrogen) atoms. The van der Waals surface area contributed by atoms with Crippen molar-refractivity contribution in [3.63, 3.8) is 0 Å². The van der Waals surface area contributed by atoms with E-state index in [0.717, 1.165) is 11.1 Å². The molecule has 0 aromatic heterocycles. The van der Waals surface area contributed by atoms with Gasteiger partial charge in [-0.25, -0.2) is 4.79 Å². The van der Waals surface area contributed by atoms with Crippen molar-refractivity contribution in [3.05, 3.63) is 71.3 Å². The average molecular weight is 270 g/mol. The minimum atomic E-state index is -0.976. The highest BCUT2D eigenvalue weighted by molar-refractivity contribution is 5.89. The molecule has 104 valence electrons. The van der Waals surface area contributed by atoms with Gasteiger partial charge < -0.3 is 9.84 Å². The molecule has 1 atom stereocenters. The summed E-state index contributed by atoms with van der Waals surface area (Å²) in [4.78, 5) is 11.4. The van der Waals surface area contributed by atoms with E-state index in [0.29, 0.717) is 12.0 Å². The van der Waals surface area contributed by atoms with Crippen LogP contribution in [-0.2, 0) is 16.8 Å². The molecule has 0 saturated heterocycles. The molecule has 0 radical (unpaired) electrons. The Morgan fingerprint density at radius 1 is 1.10 bits per heavy atom. The third-order valence-electron chi connectivity index (χ3n) is 3.32. The topological polar surface area (TPSA) is 46.5 Å². The molecular formula is C17H18O3. The summed E-state index contributed by atoms with van der Waals surface area (Å²) in [5.41, 5.74) is 1.34. The summed E-state index contributed by atoms with van der Waals surface area (Å²) in [7, 11) is 1.35. The number of carbonyl (C=O) groups is 1. The third-order valence-corrected chi connectivity index (χ3v) is 3.32. The van der Waals surface area contributed by atoms with Gasteiger partial charge in [-0.15, -0.1) is 0 Å². The lowest BCUT2D eigenvalue weighted by atomic mass is 9.88. The zero-order valence-electron chi connectivity index (χ0n) is 11.7. The van der Waals surface area contributed by atoms with Crippen LogP contribution in [0.5, 0.6) is 0 Å². The van der Waals surface area contributed by atoms with Crippen LogP contribution < -0.4 is 0 Å². The van der Waals surface area contributed by atoms with Crippen LogP contribution in [0.3, 0.4) is 0 Å². The first-order valence-corrected chi connectivity index (χ1v) is 6.48. The summed E-state index contributed by atoms with van der Waals surface area (Å²) in [6.07, 6.45) is 0.519. The van der Waals surface area contributed by atoms with Crippen molar-refractivity contribution >= 4 is 5.97 Å². The number of ether oxygens (including phenoxy) is 1. The molecule has 0 bridgehead atoms. The van der Waals surface area contributed by atoms with Crippen LogP contribution in [0, 0.1) is 0 Å². The second kappa shape index (κ2) is 5.88. The van der Waals surface area contributed by atoms with Crippen molar-refractivity contribution in [2.75, 3.05) is 7.11 Å². The standard InChI is InChI=1S/C17H18O3/c1-17(19,12-13-6-4-3-5-7-13)15-10-8-14(9-11-15)16(18)20-2/h3-11,19H,12H2,1-2H3/t17-/m0/s1. The number of hydrogen-bond donors (Lipinski definition) is 1. The first-order chi connectivity index (χ1) is 9.53. The van der Waals surface area contributed by atoms with Gasteiger partial charge in [0.05, 0.1) is 18.3 Å². The van der Waals surface area contributed by atoms with Gasteiger partial charge in [-0.3, -0.25) is 0 Å². The van der Waals surface area contributed by atoms with E-state index in [9.17, 15) is 9.90 Å². The Kier molecular flexibility index (Phi) is 4.20. The summed E-state index contributed by atoms with van der Waals surface area (Å²) >= 11 is 0. The monoisotopic (exact) mass is 270 g/mol. The van der Waals surface area contributed by atoms with E-state index in [1.54, 1.807) is 31.2 Å². The van der Waals surface area contributed by atoms with Gasteiger partial charge in [-0.1, -0.05) is 42.5 Å². The fourth-order valence-corrected chi connectivity index (χ4v) is 2.18. The van der Waals surface area contributed by atoms with Crippen LogP contribution in [0.25, 0.3) is 0 Å². The quantitative estimate of drug-likeness (QED) is 0.869. The lowest BCUT2D eigenvalue weighted by Crippen LogP contribution is -2.24. The van der Waals surface area contributed by atoms with E-state index in [-0.39, 0.29) is 5.97 Å². The van der Waals surface area contributed by atoms with Crippen molar-refractivity contribution in [2.45, 2.75) is 18.9 Å². The highest BCUT2D eigenvalue weighted by atomic mass is 16.5. The number of benzene rings is 2. The maximum Gasteiger partial charge on any atom is 0.337 e. The molecule has 3 heteroatoms. The minimum Gasteiger partial charge on any atom is -0.465 e. The molecule has 0 heterocycles. The average Bonchev–Trinajstić information content (AvgIpc) is 2.47. The van der Waals surface area contributed by atoms with Gasteiger partial charge in [0.25, 0.3) is 0 Å². The Balaban J connectivity index is 2.19. The fraction of sp³-hybridized carbons (Fsp3) is 0.235. The number of rotatable bonds is 4. The summed E-state index contributed by atoms with van der Waals surface area (Å²) in [5.74, 6) is -0.376. The smallest absolute Gasteiger partial charge is 0.337 e. The van der Waals surface area contributed by atoms with Gasteiger partial charge in [-0.05, 0) is 30.2 Å². The van der Waals surface area contributed by atoms with Gasteiger partial charge in [0.1, 0.15) is 0 Å². The number of hydrogen-bond acceptors (Lipinski definition) is 3. The maximum absolute atomic E-state index is 11.4. The van der Waals surface area contributed by atoms with Gasteiger partial charge in [0, 0.05) is 6.42 Å². The van der Waals surface area contributed by atoms with Crippen molar-refractivity contribution in [1.29, 1.82) is 0 Å². The number of aliphatic hydroxyl groups is 1. The number of carbonyl (C=O) groups excluding carboxylic acids is 1. The van der Waals surface area contributed by atoms with Gasteiger partial charge in [0.2, 0.25) is 0 Å². The Bertz CT molecular complexity index is 571. The van der Waals surface area contributed by atoms with Crippen molar-refractivity contribution in [3.8, 4) is 0 Å². The molecule has 0 amide bonds. The molecule has 0 aliphatic rings. The summed E-state index contributed by atoms with van der Waals surface area (Å²) < 4.78 is 4.66. The van der Waals surface area contributed by atoms with Crippen LogP contribution in [0.15, 0.2) is 54.6 Å². The molecule has 2 rings (SSSR count). The van der Waals surface area contributed by atoms with Gasteiger partial charge in [0.15, 0.2) is 0 Å². The SMILES string of the molecule is COC(=O)c1ccc([C@@](C)(O)Cc2ccccc2)cc1.